The largest absolute Gasteiger partial charge is 0.0999 e. The Morgan fingerprint density at radius 1 is 0.500 bits per heavy atom. The van der Waals surface area contributed by atoms with E-state index in [-0.39, 0.29) is 0 Å². The van der Waals surface area contributed by atoms with E-state index in [0.717, 1.165) is 12.3 Å². The first kappa shape index (κ1) is 18.7. The maximum Gasteiger partial charge on any atom is 0.0999 e. The molecule has 4 aromatic rings. The molecule has 0 amide bonds. The molecule has 0 fully saturated rings. The number of hydrogen-bond donors (Lipinski definition) is 0. The molecule has 0 unspecified atom stereocenters. The molecule has 0 spiro atoms. The van der Waals surface area contributed by atoms with E-state index in [1.54, 1.807) is 0 Å². The molecule has 0 aliphatic carbocycles. The summed E-state index contributed by atoms with van der Waals surface area (Å²) in [5.41, 5.74) is 4.25. The SMILES string of the molecule is Cc1ccccc1C[P+](Cc1ccccc1)(c1ccccc1)c1ccccc1. The average Bonchev–Trinajstić information content (AvgIpc) is 2.77. The van der Waals surface area contributed by atoms with Crippen molar-refractivity contribution in [3.8, 4) is 0 Å². The summed E-state index contributed by atoms with van der Waals surface area (Å²) in [5, 5.41) is 2.96. The number of aryl methyl sites for hydroxylation is 1. The third-order valence-electron chi connectivity index (χ3n) is 5.50. The van der Waals surface area contributed by atoms with Crippen molar-refractivity contribution in [3.63, 3.8) is 0 Å². The maximum atomic E-state index is 2.34. The van der Waals surface area contributed by atoms with Crippen LogP contribution in [0.1, 0.15) is 16.7 Å². The van der Waals surface area contributed by atoms with E-state index in [1.165, 1.54) is 27.3 Å². The molecule has 0 N–H and O–H groups in total. The van der Waals surface area contributed by atoms with Gasteiger partial charge in [-0.1, -0.05) is 91.0 Å². The van der Waals surface area contributed by atoms with Gasteiger partial charge in [0, 0.05) is 0 Å². The molecule has 1 heteroatoms. The van der Waals surface area contributed by atoms with Crippen molar-refractivity contribution >= 4 is 17.9 Å². The quantitative estimate of drug-likeness (QED) is 0.341. The van der Waals surface area contributed by atoms with Gasteiger partial charge in [0.05, 0.1) is 30.2 Å². The van der Waals surface area contributed by atoms with E-state index in [1.807, 2.05) is 0 Å². The van der Waals surface area contributed by atoms with Gasteiger partial charge in [0.1, 0.15) is 0 Å². The van der Waals surface area contributed by atoms with E-state index in [0.29, 0.717) is 0 Å². The van der Waals surface area contributed by atoms with Gasteiger partial charge in [-0.15, -0.1) is 0 Å². The fourth-order valence-electron chi connectivity index (χ4n) is 3.97. The topological polar surface area (TPSA) is 0 Å². The summed E-state index contributed by atoms with van der Waals surface area (Å²) in [6.45, 7) is 2.24. The summed E-state index contributed by atoms with van der Waals surface area (Å²) in [6.07, 6.45) is 2.17. The predicted octanol–water partition coefficient (Wildman–Crippen LogP) is 6.36. The van der Waals surface area contributed by atoms with Crippen molar-refractivity contribution in [2.24, 2.45) is 0 Å². The zero-order valence-electron chi connectivity index (χ0n) is 16.3. The summed E-state index contributed by atoms with van der Waals surface area (Å²) in [5.74, 6) is 0. The highest BCUT2D eigenvalue weighted by molar-refractivity contribution is 7.88. The Morgan fingerprint density at radius 2 is 0.964 bits per heavy atom. The lowest BCUT2D eigenvalue weighted by Gasteiger charge is -2.28. The summed E-state index contributed by atoms with van der Waals surface area (Å²) < 4.78 is 0. The molecule has 0 saturated heterocycles. The molecule has 4 rings (SSSR count). The average molecular weight is 381 g/mol. The van der Waals surface area contributed by atoms with Crippen molar-refractivity contribution in [2.75, 3.05) is 0 Å². The first-order chi connectivity index (χ1) is 13.8. The minimum Gasteiger partial charge on any atom is -0.0622 e. The summed E-state index contributed by atoms with van der Waals surface area (Å²) in [7, 11) is -1.67. The molecule has 28 heavy (non-hydrogen) atoms. The van der Waals surface area contributed by atoms with Gasteiger partial charge in [-0.3, -0.25) is 0 Å². The van der Waals surface area contributed by atoms with Crippen LogP contribution in [0.15, 0.2) is 115 Å². The van der Waals surface area contributed by atoms with E-state index in [4.69, 9.17) is 0 Å². The fraction of sp³-hybridized carbons (Fsp3) is 0.111. The normalized spacial score (nSPS) is 11.3. The first-order valence-electron chi connectivity index (χ1n) is 9.85. The van der Waals surface area contributed by atoms with Gasteiger partial charge in [-0.2, -0.15) is 0 Å². The Bertz CT molecular complexity index is 968. The number of benzene rings is 4. The highest BCUT2D eigenvalue weighted by atomic mass is 31.2. The Labute approximate surface area is 169 Å². The second-order valence-electron chi connectivity index (χ2n) is 7.37. The predicted molar refractivity (Wildman–Crippen MR) is 124 cm³/mol. The van der Waals surface area contributed by atoms with Crippen molar-refractivity contribution < 1.29 is 0 Å². The van der Waals surface area contributed by atoms with Gasteiger partial charge in [0.25, 0.3) is 0 Å². The van der Waals surface area contributed by atoms with Crippen molar-refractivity contribution in [2.45, 2.75) is 19.2 Å². The zero-order valence-corrected chi connectivity index (χ0v) is 17.2. The second kappa shape index (κ2) is 8.55. The van der Waals surface area contributed by atoms with Crippen LogP contribution >= 0.6 is 7.26 Å². The zero-order chi connectivity index (χ0) is 19.2. The molecule has 138 valence electrons. The Kier molecular flexibility index (Phi) is 5.70. The molecule has 0 aromatic heterocycles. The fourth-order valence-corrected chi connectivity index (χ4v) is 8.37. The van der Waals surface area contributed by atoms with E-state index >= 15 is 0 Å². The Hall–Kier alpha value is -2.69. The lowest BCUT2D eigenvalue weighted by atomic mass is 10.1. The maximum absolute atomic E-state index is 2.34. The smallest absolute Gasteiger partial charge is 0.0622 e. The van der Waals surface area contributed by atoms with Crippen LogP contribution in [-0.2, 0) is 12.3 Å². The highest BCUT2D eigenvalue weighted by Crippen LogP contribution is 2.62. The second-order valence-corrected chi connectivity index (χ2v) is 11.0. The van der Waals surface area contributed by atoms with Crippen molar-refractivity contribution in [1.29, 1.82) is 0 Å². The molecule has 0 bridgehead atoms. The number of rotatable bonds is 6. The van der Waals surface area contributed by atoms with Gasteiger partial charge in [-0.05, 0) is 47.9 Å². The molecular weight excluding hydrogens is 355 g/mol. The lowest BCUT2D eigenvalue weighted by molar-refractivity contribution is 1.26. The van der Waals surface area contributed by atoms with Gasteiger partial charge >= 0.3 is 0 Å². The molecule has 0 aliphatic heterocycles. The third-order valence-corrected chi connectivity index (χ3v) is 9.86. The highest BCUT2D eigenvalue weighted by Gasteiger charge is 2.43. The summed E-state index contributed by atoms with van der Waals surface area (Å²) in [6, 6.07) is 42.2. The standard InChI is InChI=1S/C27H26P/c1-23-13-11-12-16-25(23)22-28(26-17-7-3-8-18-26,27-19-9-4-10-20-27)21-24-14-5-2-6-15-24/h2-20H,21-22H2,1H3/q+1. The minimum absolute atomic E-state index is 1.08. The van der Waals surface area contributed by atoms with Crippen LogP contribution < -0.4 is 10.6 Å². The molecule has 4 aromatic carbocycles. The van der Waals surface area contributed by atoms with Crippen molar-refractivity contribution in [1.82, 2.24) is 0 Å². The van der Waals surface area contributed by atoms with Crippen LogP contribution in [-0.4, -0.2) is 0 Å². The van der Waals surface area contributed by atoms with Crippen LogP contribution in [0.4, 0.5) is 0 Å². The van der Waals surface area contributed by atoms with Crippen LogP contribution in [0.3, 0.4) is 0 Å². The van der Waals surface area contributed by atoms with Gasteiger partial charge in [-0.25, -0.2) is 0 Å². The molecular formula is C27H26P+. The molecule has 0 radical (unpaired) electrons. The van der Waals surface area contributed by atoms with E-state index in [2.05, 4.69) is 122 Å². The van der Waals surface area contributed by atoms with Crippen LogP contribution in [0.25, 0.3) is 0 Å². The molecule has 0 aliphatic rings. The number of hydrogen-bond acceptors (Lipinski definition) is 0. The third kappa shape index (κ3) is 3.93. The van der Waals surface area contributed by atoms with Crippen LogP contribution in [0.5, 0.6) is 0 Å². The van der Waals surface area contributed by atoms with E-state index < -0.39 is 7.26 Å². The monoisotopic (exact) mass is 381 g/mol. The Morgan fingerprint density at radius 3 is 1.50 bits per heavy atom. The molecule has 0 atom stereocenters. The molecule has 0 heterocycles. The molecule has 0 nitrogen and oxygen atoms in total. The minimum atomic E-state index is -1.67. The first-order valence-corrected chi connectivity index (χ1v) is 12.0. The lowest BCUT2D eigenvalue weighted by Crippen LogP contribution is -2.25. The molecule has 0 saturated carbocycles. The van der Waals surface area contributed by atoms with Crippen molar-refractivity contribution in [3.05, 3.63) is 132 Å². The van der Waals surface area contributed by atoms with Crippen LogP contribution in [0.2, 0.25) is 0 Å². The van der Waals surface area contributed by atoms with Gasteiger partial charge in [0.15, 0.2) is 0 Å². The van der Waals surface area contributed by atoms with Gasteiger partial charge in [0.2, 0.25) is 0 Å². The van der Waals surface area contributed by atoms with E-state index in [9.17, 15) is 0 Å². The summed E-state index contributed by atoms with van der Waals surface area (Å²) >= 11 is 0. The van der Waals surface area contributed by atoms with Crippen LogP contribution in [0, 0.1) is 6.92 Å². The van der Waals surface area contributed by atoms with Gasteiger partial charge < -0.3 is 0 Å². The Balaban J connectivity index is 1.92. The summed E-state index contributed by atoms with van der Waals surface area (Å²) in [4.78, 5) is 0.